The van der Waals surface area contributed by atoms with Gasteiger partial charge in [0.2, 0.25) is 0 Å². The summed E-state index contributed by atoms with van der Waals surface area (Å²) in [6, 6.07) is 10.4. The van der Waals surface area contributed by atoms with E-state index < -0.39 is 0 Å². The first-order chi connectivity index (χ1) is 10.2. The predicted molar refractivity (Wildman–Crippen MR) is 83.5 cm³/mol. The smallest absolute Gasteiger partial charge is 0.175 e. The molecular formula is C16H15BrFNO2. The van der Waals surface area contributed by atoms with Crippen LogP contribution in [0.15, 0.2) is 40.9 Å². The lowest BCUT2D eigenvalue weighted by Gasteiger charge is -2.13. The highest BCUT2D eigenvalue weighted by Crippen LogP contribution is 2.38. The summed E-state index contributed by atoms with van der Waals surface area (Å²) in [7, 11) is 0. The zero-order valence-electron chi connectivity index (χ0n) is 11.4. The Morgan fingerprint density at radius 2 is 2.00 bits per heavy atom. The molecule has 5 heteroatoms. The number of halogens is 2. The van der Waals surface area contributed by atoms with Crippen LogP contribution >= 0.6 is 15.9 Å². The molecule has 0 fully saturated rings. The van der Waals surface area contributed by atoms with E-state index in [0.29, 0.717) is 19.8 Å². The Kier molecular flexibility index (Phi) is 4.29. The first-order valence-corrected chi connectivity index (χ1v) is 7.59. The van der Waals surface area contributed by atoms with Gasteiger partial charge >= 0.3 is 0 Å². The van der Waals surface area contributed by atoms with Crippen LogP contribution in [0.3, 0.4) is 0 Å². The molecule has 0 atom stereocenters. The molecule has 1 heterocycles. The minimum Gasteiger partial charge on any atom is -0.490 e. The zero-order chi connectivity index (χ0) is 14.7. The molecule has 1 aliphatic heterocycles. The van der Waals surface area contributed by atoms with Crippen LogP contribution in [0.1, 0.15) is 12.0 Å². The maximum Gasteiger partial charge on any atom is 0.175 e. The van der Waals surface area contributed by atoms with E-state index >= 15 is 0 Å². The highest BCUT2D eigenvalue weighted by Gasteiger charge is 2.15. The summed E-state index contributed by atoms with van der Waals surface area (Å²) in [5.74, 6) is 1.25. The largest absolute Gasteiger partial charge is 0.490 e. The van der Waals surface area contributed by atoms with Crippen LogP contribution in [-0.4, -0.2) is 13.2 Å². The summed E-state index contributed by atoms with van der Waals surface area (Å²) in [6.07, 6.45) is 0.873. The molecule has 0 radical (unpaired) electrons. The lowest BCUT2D eigenvalue weighted by atomic mass is 10.2. The maximum absolute atomic E-state index is 13.1. The molecule has 0 spiro atoms. The summed E-state index contributed by atoms with van der Waals surface area (Å²) in [6.45, 7) is 1.89. The molecule has 3 rings (SSSR count). The Balaban J connectivity index is 1.77. The SMILES string of the molecule is Fc1cccc(NCc2cc(Br)c3c(c2)OCCCO3)c1. The van der Waals surface area contributed by atoms with Gasteiger partial charge in [-0.25, -0.2) is 4.39 Å². The van der Waals surface area contributed by atoms with Crippen LogP contribution < -0.4 is 14.8 Å². The average molecular weight is 352 g/mol. The van der Waals surface area contributed by atoms with E-state index in [2.05, 4.69) is 21.2 Å². The zero-order valence-corrected chi connectivity index (χ0v) is 13.0. The average Bonchev–Trinajstić information content (AvgIpc) is 2.71. The normalized spacial score (nSPS) is 13.6. The molecular weight excluding hydrogens is 337 g/mol. The second-order valence-electron chi connectivity index (χ2n) is 4.82. The summed E-state index contributed by atoms with van der Waals surface area (Å²) >= 11 is 3.51. The van der Waals surface area contributed by atoms with Gasteiger partial charge in [0, 0.05) is 18.7 Å². The van der Waals surface area contributed by atoms with Gasteiger partial charge in [0.15, 0.2) is 11.5 Å². The number of hydrogen-bond acceptors (Lipinski definition) is 3. The van der Waals surface area contributed by atoms with Gasteiger partial charge in [-0.1, -0.05) is 6.07 Å². The van der Waals surface area contributed by atoms with Gasteiger partial charge in [-0.3, -0.25) is 0 Å². The number of fused-ring (bicyclic) bond motifs is 1. The number of nitrogens with one attached hydrogen (secondary N) is 1. The molecule has 1 aliphatic rings. The summed E-state index contributed by atoms with van der Waals surface area (Å²) < 4.78 is 25.4. The van der Waals surface area contributed by atoms with Gasteiger partial charge in [0.05, 0.1) is 17.7 Å². The van der Waals surface area contributed by atoms with Crippen molar-refractivity contribution in [2.75, 3.05) is 18.5 Å². The Morgan fingerprint density at radius 1 is 1.14 bits per heavy atom. The third-order valence-corrected chi connectivity index (χ3v) is 3.77. The van der Waals surface area contributed by atoms with E-state index in [-0.39, 0.29) is 5.82 Å². The molecule has 21 heavy (non-hydrogen) atoms. The molecule has 0 unspecified atom stereocenters. The van der Waals surface area contributed by atoms with E-state index in [9.17, 15) is 4.39 Å². The van der Waals surface area contributed by atoms with Crippen LogP contribution in [0.2, 0.25) is 0 Å². The van der Waals surface area contributed by atoms with Crippen LogP contribution in [0, 0.1) is 5.82 Å². The quantitative estimate of drug-likeness (QED) is 0.890. The third-order valence-electron chi connectivity index (χ3n) is 3.18. The van der Waals surface area contributed by atoms with Crippen molar-refractivity contribution in [1.29, 1.82) is 0 Å². The Hall–Kier alpha value is -1.75. The Morgan fingerprint density at radius 3 is 2.86 bits per heavy atom. The van der Waals surface area contributed by atoms with E-state index in [1.807, 2.05) is 18.2 Å². The fourth-order valence-electron chi connectivity index (χ4n) is 2.19. The fourth-order valence-corrected chi connectivity index (χ4v) is 2.79. The lowest BCUT2D eigenvalue weighted by molar-refractivity contribution is 0.296. The molecule has 0 aliphatic carbocycles. The Bertz CT molecular complexity index is 648. The minimum absolute atomic E-state index is 0.250. The second-order valence-corrected chi connectivity index (χ2v) is 5.67. The number of benzene rings is 2. The molecule has 2 aromatic rings. The first-order valence-electron chi connectivity index (χ1n) is 6.80. The van der Waals surface area contributed by atoms with Crippen LogP contribution in [0.25, 0.3) is 0 Å². The van der Waals surface area contributed by atoms with E-state index in [1.165, 1.54) is 12.1 Å². The van der Waals surface area contributed by atoms with Gasteiger partial charge in [0.1, 0.15) is 5.82 Å². The van der Waals surface area contributed by atoms with Crippen molar-refractivity contribution in [3.63, 3.8) is 0 Å². The predicted octanol–water partition coefficient (Wildman–Crippen LogP) is 4.36. The molecule has 3 nitrogen and oxygen atoms in total. The van der Waals surface area contributed by atoms with Crippen LogP contribution in [0.5, 0.6) is 11.5 Å². The summed E-state index contributed by atoms with van der Waals surface area (Å²) in [4.78, 5) is 0. The number of anilines is 1. The van der Waals surface area contributed by atoms with E-state index in [0.717, 1.165) is 33.6 Å². The summed E-state index contributed by atoms with van der Waals surface area (Å²) in [5.41, 5.74) is 1.79. The van der Waals surface area contributed by atoms with Gasteiger partial charge in [-0.2, -0.15) is 0 Å². The van der Waals surface area contributed by atoms with Crippen molar-refractivity contribution in [2.24, 2.45) is 0 Å². The van der Waals surface area contributed by atoms with Crippen LogP contribution in [-0.2, 0) is 6.54 Å². The lowest BCUT2D eigenvalue weighted by Crippen LogP contribution is -2.01. The van der Waals surface area contributed by atoms with Crippen molar-refractivity contribution >= 4 is 21.6 Å². The van der Waals surface area contributed by atoms with Crippen LogP contribution in [0.4, 0.5) is 10.1 Å². The highest BCUT2D eigenvalue weighted by atomic mass is 79.9. The van der Waals surface area contributed by atoms with Gasteiger partial charge in [0.25, 0.3) is 0 Å². The Labute approximate surface area is 131 Å². The molecule has 110 valence electrons. The molecule has 0 aromatic heterocycles. The molecule has 0 saturated heterocycles. The molecule has 0 bridgehead atoms. The third kappa shape index (κ3) is 3.47. The van der Waals surface area contributed by atoms with Crippen molar-refractivity contribution in [3.8, 4) is 11.5 Å². The van der Waals surface area contributed by atoms with E-state index in [1.54, 1.807) is 6.07 Å². The molecule has 1 N–H and O–H groups in total. The monoisotopic (exact) mass is 351 g/mol. The van der Waals surface area contributed by atoms with Gasteiger partial charge < -0.3 is 14.8 Å². The van der Waals surface area contributed by atoms with E-state index in [4.69, 9.17) is 9.47 Å². The number of hydrogen-bond donors (Lipinski definition) is 1. The molecule has 2 aromatic carbocycles. The highest BCUT2D eigenvalue weighted by molar-refractivity contribution is 9.10. The molecule has 0 amide bonds. The van der Waals surface area contributed by atoms with Crippen molar-refractivity contribution in [1.82, 2.24) is 0 Å². The first kappa shape index (κ1) is 14.2. The minimum atomic E-state index is -0.250. The second kappa shape index (κ2) is 6.35. The topological polar surface area (TPSA) is 30.5 Å². The standard InChI is InChI=1S/C16H15BrFNO2/c17-14-7-11(8-15-16(14)21-6-2-5-20-15)10-19-13-4-1-3-12(18)9-13/h1,3-4,7-9,19H,2,5-6,10H2. The molecule has 0 saturated carbocycles. The van der Waals surface area contributed by atoms with Crippen molar-refractivity contribution < 1.29 is 13.9 Å². The number of rotatable bonds is 3. The summed E-state index contributed by atoms with van der Waals surface area (Å²) in [5, 5.41) is 3.19. The maximum atomic E-state index is 13.1. The van der Waals surface area contributed by atoms with Gasteiger partial charge in [-0.15, -0.1) is 0 Å². The number of ether oxygens (including phenoxy) is 2. The van der Waals surface area contributed by atoms with Crippen molar-refractivity contribution in [3.05, 3.63) is 52.3 Å². The fraction of sp³-hybridized carbons (Fsp3) is 0.250. The van der Waals surface area contributed by atoms with Gasteiger partial charge in [-0.05, 0) is 51.8 Å². The van der Waals surface area contributed by atoms with Crippen molar-refractivity contribution in [2.45, 2.75) is 13.0 Å².